The van der Waals surface area contributed by atoms with Crippen molar-refractivity contribution in [2.45, 2.75) is 18.4 Å². The molecule has 2 aromatic carbocycles. The average molecular weight is 326 g/mol. The lowest BCUT2D eigenvalue weighted by molar-refractivity contribution is -0.386. The Hall–Kier alpha value is -2.73. The van der Waals surface area contributed by atoms with Crippen LogP contribution in [0.15, 0.2) is 54.6 Å². The second kappa shape index (κ2) is 6.41. The first kappa shape index (κ1) is 16.1. The number of nitro groups is 1. The Morgan fingerprint density at radius 3 is 2.50 bits per heavy atom. The van der Waals surface area contributed by atoms with Crippen molar-refractivity contribution in [2.75, 3.05) is 13.1 Å². The van der Waals surface area contributed by atoms with E-state index in [0.29, 0.717) is 19.5 Å². The number of carboxylic acid groups (broad SMARTS) is 1. The summed E-state index contributed by atoms with van der Waals surface area (Å²) >= 11 is 0. The molecule has 6 heteroatoms. The van der Waals surface area contributed by atoms with Crippen molar-refractivity contribution in [3.8, 4) is 0 Å². The molecule has 0 amide bonds. The van der Waals surface area contributed by atoms with Crippen LogP contribution in [0.5, 0.6) is 0 Å². The van der Waals surface area contributed by atoms with Crippen molar-refractivity contribution in [3.63, 3.8) is 0 Å². The zero-order valence-electron chi connectivity index (χ0n) is 13.1. The van der Waals surface area contributed by atoms with Gasteiger partial charge in [0.1, 0.15) is 5.41 Å². The quantitative estimate of drug-likeness (QED) is 0.675. The monoisotopic (exact) mass is 326 g/mol. The molecule has 0 radical (unpaired) electrons. The molecule has 0 saturated carbocycles. The molecule has 1 fully saturated rings. The van der Waals surface area contributed by atoms with E-state index in [1.165, 1.54) is 6.07 Å². The van der Waals surface area contributed by atoms with Gasteiger partial charge < -0.3 is 5.11 Å². The molecular weight excluding hydrogens is 308 g/mol. The first-order valence-corrected chi connectivity index (χ1v) is 7.76. The average Bonchev–Trinajstić information content (AvgIpc) is 3.01. The minimum Gasteiger partial charge on any atom is -0.481 e. The summed E-state index contributed by atoms with van der Waals surface area (Å²) in [6.45, 7) is 1.49. The van der Waals surface area contributed by atoms with E-state index < -0.39 is 16.3 Å². The Morgan fingerprint density at radius 2 is 1.83 bits per heavy atom. The molecule has 6 nitrogen and oxygen atoms in total. The minimum atomic E-state index is -1.24. The van der Waals surface area contributed by atoms with E-state index in [2.05, 4.69) is 0 Å². The molecule has 1 aliphatic heterocycles. The van der Waals surface area contributed by atoms with Gasteiger partial charge in [-0.3, -0.25) is 19.8 Å². The van der Waals surface area contributed by atoms with Gasteiger partial charge in [0, 0.05) is 31.3 Å². The Morgan fingerprint density at radius 1 is 1.17 bits per heavy atom. The molecule has 1 heterocycles. The van der Waals surface area contributed by atoms with Crippen molar-refractivity contribution in [1.29, 1.82) is 0 Å². The van der Waals surface area contributed by atoms with E-state index in [1.54, 1.807) is 18.2 Å². The number of carbonyl (C=O) groups is 1. The van der Waals surface area contributed by atoms with Gasteiger partial charge in [0.15, 0.2) is 0 Å². The van der Waals surface area contributed by atoms with E-state index in [9.17, 15) is 20.0 Å². The summed E-state index contributed by atoms with van der Waals surface area (Å²) < 4.78 is 0. The number of carboxylic acids is 1. The normalized spacial score (nSPS) is 20.8. The first-order chi connectivity index (χ1) is 11.5. The number of nitro benzene ring substituents is 1. The smallest absolute Gasteiger partial charge is 0.315 e. The van der Waals surface area contributed by atoms with Gasteiger partial charge in [-0.05, 0) is 12.0 Å². The molecule has 0 aromatic heterocycles. The molecule has 1 aliphatic rings. The minimum absolute atomic E-state index is 0.124. The molecule has 124 valence electrons. The Kier molecular flexibility index (Phi) is 4.31. The van der Waals surface area contributed by atoms with Crippen molar-refractivity contribution in [1.82, 2.24) is 4.90 Å². The van der Waals surface area contributed by atoms with Crippen LogP contribution in [0, 0.1) is 10.1 Å². The molecule has 0 bridgehead atoms. The van der Waals surface area contributed by atoms with Crippen LogP contribution in [0.3, 0.4) is 0 Å². The second-order valence-corrected chi connectivity index (χ2v) is 6.11. The molecule has 0 aliphatic carbocycles. The molecule has 1 atom stereocenters. The predicted molar refractivity (Wildman–Crippen MR) is 88.7 cm³/mol. The topological polar surface area (TPSA) is 83.7 Å². The zero-order valence-corrected chi connectivity index (χ0v) is 13.1. The molecule has 3 rings (SSSR count). The lowest BCUT2D eigenvalue weighted by Crippen LogP contribution is -2.39. The lowest BCUT2D eigenvalue weighted by atomic mass is 9.79. The van der Waals surface area contributed by atoms with E-state index in [-0.39, 0.29) is 17.8 Å². The summed E-state index contributed by atoms with van der Waals surface area (Å²) in [5.74, 6) is -1.01. The largest absolute Gasteiger partial charge is 0.481 e. The van der Waals surface area contributed by atoms with Crippen LogP contribution >= 0.6 is 0 Å². The van der Waals surface area contributed by atoms with E-state index in [0.717, 1.165) is 5.56 Å². The van der Waals surface area contributed by atoms with Gasteiger partial charge in [-0.15, -0.1) is 0 Å². The van der Waals surface area contributed by atoms with Gasteiger partial charge in [-0.2, -0.15) is 0 Å². The van der Waals surface area contributed by atoms with Crippen molar-refractivity contribution in [2.24, 2.45) is 0 Å². The van der Waals surface area contributed by atoms with Gasteiger partial charge in [0.2, 0.25) is 0 Å². The third kappa shape index (κ3) is 2.88. The highest BCUT2D eigenvalue weighted by Crippen LogP contribution is 2.40. The highest BCUT2D eigenvalue weighted by Gasteiger charge is 2.49. The molecule has 2 aromatic rings. The summed E-state index contributed by atoms with van der Waals surface area (Å²) in [4.78, 5) is 24.9. The second-order valence-electron chi connectivity index (χ2n) is 6.11. The zero-order chi connectivity index (χ0) is 17.2. The Labute approximate surface area is 139 Å². The Balaban J connectivity index is 1.92. The lowest BCUT2D eigenvalue weighted by Gasteiger charge is -2.25. The summed E-state index contributed by atoms with van der Waals surface area (Å²) in [5.41, 5.74) is 0.0269. The number of rotatable bonds is 5. The van der Waals surface area contributed by atoms with Crippen molar-refractivity contribution < 1.29 is 14.8 Å². The number of hydrogen-bond donors (Lipinski definition) is 1. The van der Waals surface area contributed by atoms with Crippen LogP contribution in [-0.2, 0) is 16.8 Å². The highest BCUT2D eigenvalue weighted by molar-refractivity contribution is 5.84. The number of para-hydroxylation sites is 1. The van der Waals surface area contributed by atoms with E-state index in [4.69, 9.17) is 0 Å². The molecular formula is C18H18N2O4. The highest BCUT2D eigenvalue weighted by atomic mass is 16.6. The molecule has 1 N–H and O–H groups in total. The fourth-order valence-electron chi connectivity index (χ4n) is 3.41. The summed E-state index contributed by atoms with van der Waals surface area (Å²) in [5, 5.41) is 21.2. The van der Waals surface area contributed by atoms with Crippen LogP contribution in [-0.4, -0.2) is 34.0 Å². The van der Waals surface area contributed by atoms with Crippen molar-refractivity contribution in [3.05, 3.63) is 75.8 Å². The van der Waals surface area contributed by atoms with Gasteiger partial charge in [0.05, 0.1) is 4.92 Å². The number of aliphatic carboxylic acids is 1. The number of likely N-dealkylation sites (tertiary alicyclic amines) is 1. The van der Waals surface area contributed by atoms with E-state index in [1.807, 2.05) is 35.2 Å². The van der Waals surface area contributed by atoms with Gasteiger partial charge in [0.25, 0.3) is 5.69 Å². The first-order valence-electron chi connectivity index (χ1n) is 7.76. The fraction of sp³-hybridized carbons (Fsp3) is 0.278. The molecule has 0 spiro atoms. The summed E-state index contributed by atoms with van der Waals surface area (Å²) in [6, 6.07) is 16.0. The van der Waals surface area contributed by atoms with Crippen LogP contribution in [0.25, 0.3) is 0 Å². The summed E-state index contributed by atoms with van der Waals surface area (Å²) in [7, 11) is 0. The molecule has 1 saturated heterocycles. The number of nitrogens with zero attached hydrogens (tertiary/aromatic N) is 2. The van der Waals surface area contributed by atoms with Crippen LogP contribution in [0.1, 0.15) is 17.5 Å². The van der Waals surface area contributed by atoms with Crippen LogP contribution < -0.4 is 0 Å². The maximum absolute atomic E-state index is 12.0. The van der Waals surface area contributed by atoms with Crippen LogP contribution in [0.4, 0.5) is 5.69 Å². The molecule has 24 heavy (non-hydrogen) atoms. The maximum Gasteiger partial charge on any atom is 0.315 e. The molecule has 0 unspecified atom stereocenters. The maximum atomic E-state index is 12.0. The third-order valence-corrected chi connectivity index (χ3v) is 4.62. The number of benzene rings is 2. The fourth-order valence-corrected chi connectivity index (χ4v) is 3.41. The Bertz CT molecular complexity index is 763. The van der Waals surface area contributed by atoms with Crippen molar-refractivity contribution >= 4 is 11.7 Å². The van der Waals surface area contributed by atoms with Gasteiger partial charge in [-0.1, -0.05) is 48.5 Å². The third-order valence-electron chi connectivity index (χ3n) is 4.62. The SMILES string of the molecule is O=C(O)[C@]1(c2ccccc2[N+](=O)[O-])CCN(Cc2ccccc2)C1. The summed E-state index contributed by atoms with van der Waals surface area (Å²) in [6.07, 6.45) is 0.361. The van der Waals surface area contributed by atoms with E-state index >= 15 is 0 Å². The van der Waals surface area contributed by atoms with Gasteiger partial charge in [-0.25, -0.2) is 0 Å². The van der Waals surface area contributed by atoms with Gasteiger partial charge >= 0.3 is 5.97 Å². The standard InChI is InChI=1S/C18H18N2O4/c21-17(22)18(15-8-4-5-9-16(15)20(23)24)10-11-19(13-18)12-14-6-2-1-3-7-14/h1-9H,10-13H2,(H,21,22)/t18-/m1/s1. The number of hydrogen-bond acceptors (Lipinski definition) is 4. The predicted octanol–water partition coefficient (Wildman–Crippen LogP) is 2.82. The van der Waals surface area contributed by atoms with Crippen LogP contribution in [0.2, 0.25) is 0 Å².